The van der Waals surface area contributed by atoms with E-state index in [2.05, 4.69) is 24.0 Å². The number of hydrogen-bond donors (Lipinski definition) is 1. The largest absolute Gasteiger partial charge is 0.395 e. The number of benzene rings is 1. The molecule has 0 radical (unpaired) electrons. The van der Waals surface area contributed by atoms with E-state index in [4.69, 9.17) is 5.11 Å². The summed E-state index contributed by atoms with van der Waals surface area (Å²) in [7, 11) is 0. The molecule has 1 aromatic rings. The summed E-state index contributed by atoms with van der Waals surface area (Å²) in [6, 6.07) is 10.3. The highest BCUT2D eigenvalue weighted by Gasteiger charge is 2.03. The molecule has 3 heteroatoms. The minimum Gasteiger partial charge on any atom is -0.395 e. The fourth-order valence-corrected chi connectivity index (χ4v) is 2.09. The first-order valence-electron chi connectivity index (χ1n) is 5.37. The third kappa shape index (κ3) is 4.58. The first kappa shape index (κ1) is 12.4. The fourth-order valence-electron chi connectivity index (χ4n) is 1.45. The van der Waals surface area contributed by atoms with E-state index in [0.717, 1.165) is 18.1 Å². The lowest BCUT2D eigenvalue weighted by molar-refractivity contribution is 0.302. The van der Waals surface area contributed by atoms with Crippen molar-refractivity contribution in [2.24, 2.45) is 0 Å². The normalized spacial score (nSPS) is 10.3. The van der Waals surface area contributed by atoms with Gasteiger partial charge in [0.25, 0.3) is 0 Å². The molecule has 0 amide bonds. The van der Waals surface area contributed by atoms with Gasteiger partial charge in [0, 0.05) is 24.5 Å². The van der Waals surface area contributed by atoms with Crippen LogP contribution in [0.2, 0.25) is 0 Å². The summed E-state index contributed by atoms with van der Waals surface area (Å²) in [5, 5.41) is 9.01. The molecular weight excluding hydrogens is 206 g/mol. The molecule has 0 aliphatic carbocycles. The Hall–Kier alpha value is -0.670. The van der Waals surface area contributed by atoms with Crippen molar-refractivity contribution in [2.75, 3.05) is 36.1 Å². The van der Waals surface area contributed by atoms with E-state index in [9.17, 15) is 0 Å². The Morgan fingerprint density at radius 2 is 1.93 bits per heavy atom. The summed E-state index contributed by atoms with van der Waals surface area (Å²) in [5.41, 5.74) is 1.20. The van der Waals surface area contributed by atoms with Gasteiger partial charge in [-0.25, -0.2) is 0 Å². The van der Waals surface area contributed by atoms with E-state index in [1.807, 2.05) is 30.0 Å². The molecule has 0 saturated heterocycles. The summed E-state index contributed by atoms with van der Waals surface area (Å²) >= 11 is 1.93. The number of para-hydroxylation sites is 1. The van der Waals surface area contributed by atoms with Gasteiger partial charge in [-0.3, -0.25) is 0 Å². The van der Waals surface area contributed by atoms with Crippen molar-refractivity contribution in [1.29, 1.82) is 0 Å². The highest BCUT2D eigenvalue weighted by molar-refractivity contribution is 7.99. The molecule has 0 fully saturated rings. The molecule has 0 spiro atoms. The Morgan fingerprint density at radius 3 is 2.53 bits per heavy atom. The highest BCUT2D eigenvalue weighted by Crippen LogP contribution is 2.13. The van der Waals surface area contributed by atoms with Crippen LogP contribution in [0.15, 0.2) is 30.3 Å². The van der Waals surface area contributed by atoms with Crippen LogP contribution in [0.25, 0.3) is 0 Å². The Kier molecular flexibility index (Phi) is 6.28. The van der Waals surface area contributed by atoms with Crippen LogP contribution in [0.4, 0.5) is 5.69 Å². The molecule has 0 aromatic heterocycles. The van der Waals surface area contributed by atoms with Crippen LogP contribution in [0.5, 0.6) is 0 Å². The predicted octanol–water partition coefficient (Wildman–Crippen LogP) is 2.24. The zero-order valence-corrected chi connectivity index (χ0v) is 10.0. The minimum atomic E-state index is 0.214. The maximum Gasteiger partial charge on any atom is 0.0606 e. The van der Waals surface area contributed by atoms with Crippen molar-refractivity contribution in [2.45, 2.75) is 6.92 Å². The van der Waals surface area contributed by atoms with Crippen LogP contribution < -0.4 is 4.90 Å². The zero-order chi connectivity index (χ0) is 10.9. The van der Waals surface area contributed by atoms with Gasteiger partial charge in [-0.1, -0.05) is 25.1 Å². The average Bonchev–Trinajstić information content (AvgIpc) is 2.29. The van der Waals surface area contributed by atoms with E-state index in [1.165, 1.54) is 5.69 Å². The number of hydrogen-bond acceptors (Lipinski definition) is 3. The standard InChI is InChI=1S/C12H19NOS/c1-2-15-11-9-13(8-10-14)12-6-4-3-5-7-12/h3-7,14H,2,8-11H2,1H3. The van der Waals surface area contributed by atoms with Crippen molar-refractivity contribution in [3.63, 3.8) is 0 Å². The summed E-state index contributed by atoms with van der Waals surface area (Å²) in [4.78, 5) is 2.22. The summed E-state index contributed by atoms with van der Waals surface area (Å²) in [6.07, 6.45) is 0. The van der Waals surface area contributed by atoms with Crippen molar-refractivity contribution < 1.29 is 5.11 Å². The molecule has 0 heterocycles. The Morgan fingerprint density at radius 1 is 1.20 bits per heavy atom. The maximum absolute atomic E-state index is 9.01. The lowest BCUT2D eigenvalue weighted by Crippen LogP contribution is -2.28. The van der Waals surface area contributed by atoms with Gasteiger partial charge in [-0.2, -0.15) is 11.8 Å². The molecule has 0 aliphatic rings. The second-order valence-electron chi connectivity index (χ2n) is 3.24. The lowest BCUT2D eigenvalue weighted by Gasteiger charge is -2.23. The molecule has 0 saturated carbocycles. The molecule has 84 valence electrons. The predicted molar refractivity (Wildman–Crippen MR) is 68.7 cm³/mol. The second-order valence-corrected chi connectivity index (χ2v) is 4.64. The third-order valence-corrected chi connectivity index (χ3v) is 3.08. The monoisotopic (exact) mass is 225 g/mol. The molecule has 0 aliphatic heterocycles. The highest BCUT2D eigenvalue weighted by atomic mass is 32.2. The van der Waals surface area contributed by atoms with E-state index in [1.54, 1.807) is 0 Å². The van der Waals surface area contributed by atoms with Gasteiger partial charge in [0.05, 0.1) is 6.61 Å². The SMILES string of the molecule is CCSCCN(CCO)c1ccccc1. The van der Waals surface area contributed by atoms with Crippen LogP contribution in [-0.2, 0) is 0 Å². The summed E-state index contributed by atoms with van der Waals surface area (Å²) < 4.78 is 0. The van der Waals surface area contributed by atoms with Crippen LogP contribution in [0.3, 0.4) is 0 Å². The quantitative estimate of drug-likeness (QED) is 0.720. The van der Waals surface area contributed by atoms with Gasteiger partial charge >= 0.3 is 0 Å². The second kappa shape index (κ2) is 7.60. The molecule has 1 aromatic carbocycles. The third-order valence-electron chi connectivity index (χ3n) is 2.20. The molecule has 0 unspecified atom stereocenters. The zero-order valence-electron chi connectivity index (χ0n) is 9.22. The number of aliphatic hydroxyl groups excluding tert-OH is 1. The van der Waals surface area contributed by atoms with Crippen molar-refractivity contribution in [1.82, 2.24) is 0 Å². The summed E-state index contributed by atoms with van der Waals surface area (Å²) in [5.74, 6) is 2.27. The number of anilines is 1. The number of thioether (sulfide) groups is 1. The number of rotatable bonds is 7. The lowest BCUT2D eigenvalue weighted by atomic mass is 10.3. The number of nitrogens with zero attached hydrogens (tertiary/aromatic N) is 1. The van der Waals surface area contributed by atoms with Crippen LogP contribution in [-0.4, -0.2) is 36.3 Å². The molecule has 1 rings (SSSR count). The Labute approximate surface area is 96.3 Å². The molecule has 2 nitrogen and oxygen atoms in total. The smallest absolute Gasteiger partial charge is 0.0606 e. The van der Waals surface area contributed by atoms with Gasteiger partial charge in [-0.05, 0) is 17.9 Å². The van der Waals surface area contributed by atoms with Gasteiger partial charge in [-0.15, -0.1) is 0 Å². The van der Waals surface area contributed by atoms with Crippen molar-refractivity contribution in [3.8, 4) is 0 Å². The van der Waals surface area contributed by atoms with Gasteiger partial charge in [0.2, 0.25) is 0 Å². The molecule has 0 bridgehead atoms. The first-order valence-corrected chi connectivity index (χ1v) is 6.52. The average molecular weight is 225 g/mol. The van der Waals surface area contributed by atoms with Crippen molar-refractivity contribution >= 4 is 17.4 Å². The molecular formula is C12H19NOS. The Bertz CT molecular complexity index is 253. The van der Waals surface area contributed by atoms with Crippen LogP contribution in [0.1, 0.15) is 6.92 Å². The van der Waals surface area contributed by atoms with E-state index in [0.29, 0.717) is 6.54 Å². The Balaban J connectivity index is 2.50. The van der Waals surface area contributed by atoms with Gasteiger partial charge < -0.3 is 10.0 Å². The van der Waals surface area contributed by atoms with Gasteiger partial charge in [0.15, 0.2) is 0 Å². The van der Waals surface area contributed by atoms with Crippen molar-refractivity contribution in [3.05, 3.63) is 30.3 Å². The van der Waals surface area contributed by atoms with Crippen LogP contribution >= 0.6 is 11.8 Å². The minimum absolute atomic E-state index is 0.214. The summed E-state index contributed by atoms with van der Waals surface area (Å²) in [6.45, 7) is 4.10. The van der Waals surface area contributed by atoms with E-state index in [-0.39, 0.29) is 6.61 Å². The molecule has 0 atom stereocenters. The first-order chi connectivity index (χ1) is 7.38. The number of aliphatic hydroxyl groups is 1. The molecule has 1 N–H and O–H groups in total. The van der Waals surface area contributed by atoms with Gasteiger partial charge in [0.1, 0.15) is 0 Å². The fraction of sp³-hybridized carbons (Fsp3) is 0.500. The molecule has 15 heavy (non-hydrogen) atoms. The van der Waals surface area contributed by atoms with Crippen LogP contribution in [0, 0.1) is 0 Å². The topological polar surface area (TPSA) is 23.5 Å². The maximum atomic E-state index is 9.01. The van der Waals surface area contributed by atoms with E-state index >= 15 is 0 Å². The van der Waals surface area contributed by atoms with E-state index < -0.39 is 0 Å².